The van der Waals surface area contributed by atoms with E-state index in [0.29, 0.717) is 19.6 Å². The van der Waals surface area contributed by atoms with Gasteiger partial charge in [-0.15, -0.1) is 0 Å². The average Bonchev–Trinajstić information content (AvgIpc) is 2.34. The lowest BCUT2D eigenvalue weighted by Crippen LogP contribution is -2.56. The van der Waals surface area contributed by atoms with Crippen LogP contribution in [0.4, 0.5) is 8.78 Å². The smallest absolute Gasteiger partial charge is 0.259 e. The van der Waals surface area contributed by atoms with Crippen molar-refractivity contribution in [3.8, 4) is 0 Å². The van der Waals surface area contributed by atoms with Crippen molar-refractivity contribution in [2.24, 2.45) is 0 Å². The third-order valence-corrected chi connectivity index (χ3v) is 2.50. The number of rotatable bonds is 3. The zero-order chi connectivity index (χ0) is 9.19. The maximum absolute atomic E-state index is 12.7. The molecule has 0 aliphatic carbocycles. The van der Waals surface area contributed by atoms with Gasteiger partial charge in [0.15, 0.2) is 0 Å². The molecular formula is C8H15F2NO. The molecule has 1 saturated heterocycles. The molecule has 1 heterocycles. The Labute approximate surface area is 71.3 Å². The molecule has 0 amide bonds. The van der Waals surface area contributed by atoms with Crippen molar-refractivity contribution in [2.75, 3.05) is 13.2 Å². The number of likely N-dealkylation sites (N-methyl/N-ethyl adjacent to an activating group) is 1. The lowest BCUT2D eigenvalue weighted by atomic mass is 9.92. The summed E-state index contributed by atoms with van der Waals surface area (Å²) in [5.41, 5.74) is -1.10. The van der Waals surface area contributed by atoms with Crippen molar-refractivity contribution in [3.05, 3.63) is 0 Å². The van der Waals surface area contributed by atoms with Gasteiger partial charge in [0, 0.05) is 6.61 Å². The second-order valence-corrected chi connectivity index (χ2v) is 3.13. The molecule has 1 aliphatic rings. The van der Waals surface area contributed by atoms with Crippen molar-refractivity contribution < 1.29 is 13.5 Å². The van der Waals surface area contributed by atoms with E-state index in [2.05, 4.69) is 5.32 Å². The summed E-state index contributed by atoms with van der Waals surface area (Å²) in [6.07, 6.45) is -2.34. The van der Waals surface area contributed by atoms with Gasteiger partial charge in [0.05, 0.1) is 6.10 Å². The summed E-state index contributed by atoms with van der Waals surface area (Å²) in [5.74, 6) is 0. The van der Waals surface area contributed by atoms with E-state index in [1.807, 2.05) is 6.92 Å². The molecule has 1 N–H and O–H groups in total. The molecule has 72 valence electrons. The molecule has 1 aliphatic heterocycles. The third-order valence-electron chi connectivity index (χ3n) is 2.50. The van der Waals surface area contributed by atoms with Gasteiger partial charge in [0.25, 0.3) is 6.43 Å². The molecular weight excluding hydrogens is 164 g/mol. The molecule has 12 heavy (non-hydrogen) atoms. The second kappa shape index (κ2) is 3.66. The highest BCUT2D eigenvalue weighted by Crippen LogP contribution is 2.31. The fourth-order valence-corrected chi connectivity index (χ4v) is 1.68. The lowest BCUT2D eigenvalue weighted by molar-refractivity contribution is -0.0153. The second-order valence-electron chi connectivity index (χ2n) is 3.13. The molecule has 0 aromatic heterocycles. The summed E-state index contributed by atoms with van der Waals surface area (Å²) >= 11 is 0. The van der Waals surface area contributed by atoms with Crippen molar-refractivity contribution in [1.29, 1.82) is 0 Å². The largest absolute Gasteiger partial charge is 0.376 e. The molecule has 1 rings (SSSR count). The summed E-state index contributed by atoms with van der Waals surface area (Å²) in [5, 5.41) is 2.83. The number of halogens is 2. The Bertz CT molecular complexity index is 154. The van der Waals surface area contributed by atoms with Crippen LogP contribution in [-0.2, 0) is 4.74 Å². The fraction of sp³-hybridized carbons (Fsp3) is 1.00. The van der Waals surface area contributed by atoms with Crippen molar-refractivity contribution >= 4 is 0 Å². The van der Waals surface area contributed by atoms with Crippen molar-refractivity contribution in [1.82, 2.24) is 5.32 Å². The SMILES string of the molecule is CCNC1(C(F)F)CCOC1C. The highest BCUT2D eigenvalue weighted by atomic mass is 19.3. The molecule has 2 atom stereocenters. The number of ether oxygens (including phenoxy) is 1. The highest BCUT2D eigenvalue weighted by Gasteiger charge is 2.48. The Balaban J connectivity index is 2.70. The van der Waals surface area contributed by atoms with E-state index in [1.54, 1.807) is 6.92 Å². The number of nitrogens with one attached hydrogen (secondary N) is 1. The molecule has 0 aromatic carbocycles. The normalized spacial score (nSPS) is 36.2. The summed E-state index contributed by atoms with van der Waals surface area (Å²) < 4.78 is 30.5. The van der Waals surface area contributed by atoms with Crippen LogP contribution in [-0.4, -0.2) is 31.2 Å². The van der Waals surface area contributed by atoms with Gasteiger partial charge in [-0.3, -0.25) is 0 Å². The Kier molecular flexibility index (Phi) is 3.01. The first-order chi connectivity index (χ1) is 5.63. The Hall–Kier alpha value is -0.220. The first-order valence-corrected chi connectivity index (χ1v) is 4.28. The number of hydrogen-bond acceptors (Lipinski definition) is 2. The van der Waals surface area contributed by atoms with Crippen LogP contribution in [0.1, 0.15) is 20.3 Å². The number of alkyl halides is 2. The molecule has 0 saturated carbocycles. The van der Waals surface area contributed by atoms with Crippen LogP contribution in [0.15, 0.2) is 0 Å². The van der Waals surface area contributed by atoms with Crippen LogP contribution >= 0.6 is 0 Å². The van der Waals surface area contributed by atoms with Crippen LogP contribution in [0.2, 0.25) is 0 Å². The third kappa shape index (κ3) is 1.45. The summed E-state index contributed by atoms with van der Waals surface area (Å²) in [6.45, 7) is 4.51. The molecule has 1 fully saturated rings. The van der Waals surface area contributed by atoms with Gasteiger partial charge in [0.1, 0.15) is 5.54 Å². The van der Waals surface area contributed by atoms with E-state index >= 15 is 0 Å². The standard InChI is InChI=1S/C8H15F2NO/c1-3-11-8(7(9)10)4-5-12-6(8)2/h6-7,11H,3-5H2,1-2H3. The van der Waals surface area contributed by atoms with Gasteiger partial charge in [-0.25, -0.2) is 8.78 Å². The quantitative estimate of drug-likeness (QED) is 0.707. The van der Waals surface area contributed by atoms with Gasteiger partial charge in [-0.2, -0.15) is 0 Å². The Morgan fingerprint density at radius 1 is 1.67 bits per heavy atom. The minimum Gasteiger partial charge on any atom is -0.376 e. The van der Waals surface area contributed by atoms with E-state index in [1.165, 1.54) is 0 Å². The van der Waals surface area contributed by atoms with Gasteiger partial charge in [-0.05, 0) is 19.9 Å². The van der Waals surface area contributed by atoms with E-state index in [4.69, 9.17) is 4.74 Å². The topological polar surface area (TPSA) is 21.3 Å². The highest BCUT2D eigenvalue weighted by molar-refractivity contribution is 4.99. The van der Waals surface area contributed by atoms with E-state index < -0.39 is 18.1 Å². The molecule has 0 aromatic rings. The Morgan fingerprint density at radius 2 is 2.33 bits per heavy atom. The van der Waals surface area contributed by atoms with Gasteiger partial charge in [0.2, 0.25) is 0 Å². The van der Waals surface area contributed by atoms with Crippen LogP contribution in [0.5, 0.6) is 0 Å². The zero-order valence-electron chi connectivity index (χ0n) is 7.44. The van der Waals surface area contributed by atoms with Gasteiger partial charge >= 0.3 is 0 Å². The molecule has 4 heteroatoms. The Morgan fingerprint density at radius 3 is 2.67 bits per heavy atom. The minimum atomic E-state index is -2.35. The summed E-state index contributed by atoms with van der Waals surface area (Å²) in [6, 6.07) is 0. The van der Waals surface area contributed by atoms with Gasteiger partial charge < -0.3 is 10.1 Å². The predicted molar refractivity (Wildman–Crippen MR) is 42.4 cm³/mol. The summed E-state index contributed by atoms with van der Waals surface area (Å²) in [7, 11) is 0. The zero-order valence-corrected chi connectivity index (χ0v) is 7.44. The number of hydrogen-bond donors (Lipinski definition) is 1. The molecule has 2 nitrogen and oxygen atoms in total. The first kappa shape index (κ1) is 9.86. The van der Waals surface area contributed by atoms with Crippen LogP contribution in [0.3, 0.4) is 0 Å². The molecule has 0 spiro atoms. The lowest BCUT2D eigenvalue weighted by Gasteiger charge is -2.31. The maximum atomic E-state index is 12.7. The van der Waals surface area contributed by atoms with Crippen molar-refractivity contribution in [3.63, 3.8) is 0 Å². The predicted octanol–water partition coefficient (Wildman–Crippen LogP) is 1.41. The minimum absolute atomic E-state index is 0.391. The van der Waals surface area contributed by atoms with E-state index in [9.17, 15) is 8.78 Å². The first-order valence-electron chi connectivity index (χ1n) is 4.28. The molecule has 0 bridgehead atoms. The monoisotopic (exact) mass is 179 g/mol. The van der Waals surface area contributed by atoms with Crippen molar-refractivity contribution in [2.45, 2.75) is 38.3 Å². The van der Waals surface area contributed by atoms with Crippen LogP contribution in [0, 0.1) is 0 Å². The van der Waals surface area contributed by atoms with E-state index in [0.717, 1.165) is 0 Å². The molecule has 0 radical (unpaired) electrons. The van der Waals surface area contributed by atoms with E-state index in [-0.39, 0.29) is 0 Å². The van der Waals surface area contributed by atoms with Gasteiger partial charge in [-0.1, -0.05) is 6.92 Å². The maximum Gasteiger partial charge on any atom is 0.259 e. The average molecular weight is 179 g/mol. The van der Waals surface area contributed by atoms with Crippen LogP contribution in [0.25, 0.3) is 0 Å². The summed E-state index contributed by atoms with van der Waals surface area (Å²) in [4.78, 5) is 0. The van der Waals surface area contributed by atoms with Crippen LogP contribution < -0.4 is 5.32 Å². The fourth-order valence-electron chi connectivity index (χ4n) is 1.68. The molecule has 2 unspecified atom stereocenters.